The highest BCUT2D eigenvalue weighted by atomic mass is 32.1. The van der Waals surface area contributed by atoms with E-state index in [1.165, 1.54) is 47.0 Å². The van der Waals surface area contributed by atoms with Crippen LogP contribution in [0.4, 0.5) is 5.00 Å². The minimum Gasteiger partial charge on any atom is -0.366 e. The van der Waals surface area contributed by atoms with E-state index >= 15 is 0 Å². The zero-order chi connectivity index (χ0) is 19.0. The molecule has 0 aliphatic rings. The van der Waals surface area contributed by atoms with Crippen LogP contribution in [0.3, 0.4) is 0 Å². The molecule has 0 saturated heterocycles. The van der Waals surface area contributed by atoms with Gasteiger partial charge < -0.3 is 15.6 Å². The van der Waals surface area contributed by atoms with Gasteiger partial charge in [-0.05, 0) is 11.4 Å². The summed E-state index contributed by atoms with van der Waals surface area (Å²) in [7, 11) is 2.91. The van der Waals surface area contributed by atoms with Gasteiger partial charge in [0.2, 0.25) is 5.91 Å². The number of amides is 2. The summed E-state index contributed by atoms with van der Waals surface area (Å²) in [5, 5.41) is 4.68. The lowest BCUT2D eigenvalue weighted by atomic mass is 10.3. The molecule has 2 amide bonds. The summed E-state index contributed by atoms with van der Waals surface area (Å²) in [6, 6.07) is 1.54. The molecule has 0 fully saturated rings. The van der Waals surface area contributed by atoms with Crippen LogP contribution in [0.1, 0.15) is 16.8 Å². The number of thiophene rings is 1. The average Bonchev–Trinajstić information content (AvgIpc) is 3.23. The predicted octanol–water partition coefficient (Wildman–Crippen LogP) is -0.377. The number of hydrogen-bond donors (Lipinski definition) is 2. The molecule has 3 aromatic rings. The number of aromatic nitrogens is 4. The van der Waals surface area contributed by atoms with Crippen molar-refractivity contribution in [3.05, 3.63) is 44.2 Å². The summed E-state index contributed by atoms with van der Waals surface area (Å²) >= 11 is 1.20. The third kappa shape index (κ3) is 2.92. The van der Waals surface area contributed by atoms with E-state index in [1.54, 1.807) is 5.38 Å². The van der Waals surface area contributed by atoms with E-state index in [-0.39, 0.29) is 35.6 Å². The third-order valence-electron chi connectivity index (χ3n) is 3.98. The standard InChI is InChI=1S/C15H16N6O4S/c1-19-12-10(14(24)20(2)15(19)25)21(7-17-12)5-3-9(22)18-13-8(11(16)23)4-6-26-13/h4,6-7H,3,5H2,1-2H3,(H2,16,23)(H,18,22). The zero-order valence-electron chi connectivity index (χ0n) is 14.1. The van der Waals surface area contributed by atoms with Gasteiger partial charge in [0.1, 0.15) is 5.00 Å². The second-order valence-electron chi connectivity index (χ2n) is 5.64. The Morgan fingerprint density at radius 2 is 2.00 bits per heavy atom. The van der Waals surface area contributed by atoms with Crippen LogP contribution in [0.2, 0.25) is 0 Å². The smallest absolute Gasteiger partial charge is 0.332 e. The zero-order valence-corrected chi connectivity index (χ0v) is 14.9. The minimum atomic E-state index is -0.619. The van der Waals surface area contributed by atoms with Gasteiger partial charge >= 0.3 is 5.69 Å². The molecule has 0 unspecified atom stereocenters. The number of carbonyl (C=O) groups is 2. The quantitative estimate of drug-likeness (QED) is 0.626. The Morgan fingerprint density at radius 1 is 1.27 bits per heavy atom. The van der Waals surface area contributed by atoms with E-state index in [4.69, 9.17) is 5.73 Å². The highest BCUT2D eigenvalue weighted by molar-refractivity contribution is 7.14. The Morgan fingerprint density at radius 3 is 2.69 bits per heavy atom. The lowest BCUT2D eigenvalue weighted by molar-refractivity contribution is -0.116. The van der Waals surface area contributed by atoms with Gasteiger partial charge in [-0.1, -0.05) is 0 Å². The fourth-order valence-corrected chi connectivity index (χ4v) is 3.39. The van der Waals surface area contributed by atoms with Gasteiger partial charge in [0.15, 0.2) is 11.2 Å². The number of nitrogens with zero attached hydrogens (tertiary/aromatic N) is 4. The molecule has 0 spiro atoms. The molecule has 0 aromatic carbocycles. The van der Waals surface area contributed by atoms with Gasteiger partial charge in [0.05, 0.1) is 11.9 Å². The number of primary amides is 1. The van der Waals surface area contributed by atoms with Crippen molar-refractivity contribution in [1.82, 2.24) is 18.7 Å². The van der Waals surface area contributed by atoms with Gasteiger partial charge in [-0.2, -0.15) is 0 Å². The van der Waals surface area contributed by atoms with Crippen LogP contribution < -0.4 is 22.3 Å². The summed E-state index contributed by atoms with van der Waals surface area (Å²) in [6.45, 7) is 0.188. The summed E-state index contributed by atoms with van der Waals surface area (Å²) in [6.07, 6.45) is 1.46. The SMILES string of the molecule is Cn1c(=O)c2c(ncn2CCC(=O)Nc2sccc2C(N)=O)n(C)c1=O. The first-order valence-electron chi connectivity index (χ1n) is 7.59. The number of aryl methyl sites for hydroxylation is 2. The first kappa shape index (κ1) is 17.6. The van der Waals surface area contributed by atoms with Crippen molar-refractivity contribution in [3.8, 4) is 0 Å². The van der Waals surface area contributed by atoms with Crippen molar-refractivity contribution >= 4 is 39.3 Å². The largest absolute Gasteiger partial charge is 0.366 e. The lowest BCUT2D eigenvalue weighted by Crippen LogP contribution is -2.37. The van der Waals surface area contributed by atoms with Crippen molar-refractivity contribution in [1.29, 1.82) is 0 Å². The molecule has 0 atom stereocenters. The maximum absolute atomic E-state index is 12.3. The maximum Gasteiger partial charge on any atom is 0.332 e. The van der Waals surface area contributed by atoms with Gasteiger partial charge in [-0.25, -0.2) is 9.78 Å². The molecule has 3 rings (SSSR count). The van der Waals surface area contributed by atoms with Crippen molar-refractivity contribution in [2.24, 2.45) is 19.8 Å². The molecule has 3 heterocycles. The Kier molecular flexibility index (Phi) is 4.47. The van der Waals surface area contributed by atoms with Gasteiger partial charge in [0, 0.05) is 27.1 Å². The normalized spacial score (nSPS) is 11.0. The van der Waals surface area contributed by atoms with E-state index in [1.807, 2.05) is 0 Å². The van der Waals surface area contributed by atoms with Crippen LogP contribution in [0, 0.1) is 0 Å². The Labute approximate surface area is 150 Å². The lowest BCUT2D eigenvalue weighted by Gasteiger charge is -2.07. The molecule has 11 heteroatoms. The number of carbonyl (C=O) groups excluding carboxylic acids is 2. The molecule has 0 bridgehead atoms. The number of anilines is 1. The van der Waals surface area contributed by atoms with E-state index in [2.05, 4.69) is 10.3 Å². The van der Waals surface area contributed by atoms with Crippen molar-refractivity contribution < 1.29 is 9.59 Å². The highest BCUT2D eigenvalue weighted by Gasteiger charge is 2.16. The fraction of sp³-hybridized carbons (Fsp3) is 0.267. The van der Waals surface area contributed by atoms with Crippen LogP contribution in [-0.4, -0.2) is 30.5 Å². The van der Waals surface area contributed by atoms with Crippen molar-refractivity contribution in [3.63, 3.8) is 0 Å². The molecule has 10 nitrogen and oxygen atoms in total. The summed E-state index contributed by atoms with van der Waals surface area (Å²) in [5.41, 5.74) is 5.05. The van der Waals surface area contributed by atoms with Gasteiger partial charge in [-0.3, -0.25) is 23.5 Å². The minimum absolute atomic E-state index is 0.0492. The molecule has 136 valence electrons. The fourth-order valence-electron chi connectivity index (χ4n) is 2.58. The summed E-state index contributed by atoms with van der Waals surface area (Å²) in [4.78, 5) is 51.8. The molecular weight excluding hydrogens is 360 g/mol. The number of nitrogens with one attached hydrogen (secondary N) is 1. The Bertz CT molecular complexity index is 1140. The molecule has 3 N–H and O–H groups in total. The monoisotopic (exact) mass is 376 g/mol. The van der Waals surface area contributed by atoms with Crippen LogP contribution in [0.5, 0.6) is 0 Å². The topological polar surface area (TPSA) is 134 Å². The Hall–Kier alpha value is -3.21. The molecular formula is C15H16N6O4S. The van der Waals surface area contributed by atoms with Crippen LogP contribution in [-0.2, 0) is 25.4 Å². The number of rotatable bonds is 5. The number of imidazole rings is 1. The predicted molar refractivity (Wildman–Crippen MR) is 96.3 cm³/mol. The summed E-state index contributed by atoms with van der Waals surface area (Å²) < 4.78 is 3.80. The molecule has 0 radical (unpaired) electrons. The Balaban J connectivity index is 1.81. The summed E-state index contributed by atoms with van der Waals surface area (Å²) in [5.74, 6) is -0.954. The van der Waals surface area contributed by atoms with Crippen molar-refractivity contribution in [2.45, 2.75) is 13.0 Å². The van der Waals surface area contributed by atoms with Crippen LogP contribution in [0.15, 0.2) is 27.4 Å². The number of hydrogen-bond acceptors (Lipinski definition) is 6. The third-order valence-corrected chi connectivity index (χ3v) is 4.81. The number of nitrogens with two attached hydrogens (primary N) is 1. The molecule has 0 aliphatic carbocycles. The van der Waals surface area contributed by atoms with E-state index in [9.17, 15) is 19.2 Å². The van der Waals surface area contributed by atoms with E-state index in [0.717, 1.165) is 4.57 Å². The molecule has 26 heavy (non-hydrogen) atoms. The highest BCUT2D eigenvalue weighted by Crippen LogP contribution is 2.22. The average molecular weight is 376 g/mol. The van der Waals surface area contributed by atoms with Gasteiger partial charge in [0.25, 0.3) is 11.5 Å². The van der Waals surface area contributed by atoms with E-state index < -0.39 is 17.2 Å². The number of fused-ring (bicyclic) bond motifs is 1. The second kappa shape index (κ2) is 6.59. The molecule has 0 saturated carbocycles. The van der Waals surface area contributed by atoms with E-state index in [0.29, 0.717) is 5.00 Å². The van der Waals surface area contributed by atoms with Gasteiger partial charge in [-0.15, -0.1) is 11.3 Å². The second-order valence-corrected chi connectivity index (χ2v) is 6.56. The maximum atomic E-state index is 12.3. The van der Waals surface area contributed by atoms with Crippen molar-refractivity contribution in [2.75, 3.05) is 5.32 Å². The van der Waals surface area contributed by atoms with Crippen LogP contribution >= 0.6 is 11.3 Å². The first-order chi connectivity index (χ1) is 12.3. The first-order valence-corrected chi connectivity index (χ1v) is 8.47. The molecule has 0 aliphatic heterocycles. The van der Waals surface area contributed by atoms with Crippen LogP contribution in [0.25, 0.3) is 11.2 Å². The molecule has 3 aromatic heterocycles.